The van der Waals surface area contributed by atoms with Gasteiger partial charge in [0.25, 0.3) is 0 Å². The Labute approximate surface area is 118 Å². The lowest BCUT2D eigenvalue weighted by molar-refractivity contribution is 0.339. The normalized spacial score (nSPS) is 19.9. The fourth-order valence-electron chi connectivity index (χ4n) is 2.80. The Morgan fingerprint density at radius 3 is 3.05 bits per heavy atom. The van der Waals surface area contributed by atoms with E-state index in [0.29, 0.717) is 5.92 Å². The highest BCUT2D eigenvalue weighted by molar-refractivity contribution is 6.31. The molecule has 0 amide bonds. The van der Waals surface area contributed by atoms with Crippen LogP contribution >= 0.6 is 11.6 Å². The Morgan fingerprint density at radius 2 is 2.26 bits per heavy atom. The van der Waals surface area contributed by atoms with E-state index >= 15 is 0 Å². The predicted octanol–water partition coefficient (Wildman–Crippen LogP) is 3.10. The maximum atomic E-state index is 6.28. The van der Waals surface area contributed by atoms with Gasteiger partial charge in [0.15, 0.2) is 0 Å². The van der Waals surface area contributed by atoms with E-state index in [2.05, 4.69) is 27.2 Å². The Balaban J connectivity index is 1.57. The van der Waals surface area contributed by atoms with E-state index in [1.54, 1.807) is 0 Å². The lowest BCUT2D eigenvalue weighted by atomic mass is 9.98. The van der Waals surface area contributed by atoms with Crippen LogP contribution in [0.4, 0.5) is 0 Å². The molecule has 19 heavy (non-hydrogen) atoms. The van der Waals surface area contributed by atoms with E-state index in [9.17, 15) is 0 Å². The van der Waals surface area contributed by atoms with Gasteiger partial charge in [-0.15, -0.1) is 0 Å². The fourth-order valence-corrected chi connectivity index (χ4v) is 3.09. The Bertz CT molecular complexity index is 524. The summed E-state index contributed by atoms with van der Waals surface area (Å²) in [7, 11) is 0. The summed E-state index contributed by atoms with van der Waals surface area (Å²) in [6, 6.07) is 8.23. The highest BCUT2D eigenvalue weighted by Crippen LogP contribution is 2.31. The van der Waals surface area contributed by atoms with Crippen molar-refractivity contribution >= 4 is 11.6 Å². The highest BCUT2D eigenvalue weighted by Gasteiger charge is 2.24. The van der Waals surface area contributed by atoms with Gasteiger partial charge in [-0.3, -0.25) is 5.10 Å². The summed E-state index contributed by atoms with van der Waals surface area (Å²) in [5, 5.41) is 7.75. The van der Waals surface area contributed by atoms with E-state index in [-0.39, 0.29) is 0 Å². The molecule has 1 atom stereocenters. The number of likely N-dealkylation sites (tertiary alicyclic amines) is 1. The van der Waals surface area contributed by atoms with Crippen molar-refractivity contribution in [2.75, 3.05) is 19.6 Å². The predicted molar refractivity (Wildman–Crippen MR) is 77.5 cm³/mol. The Hall–Kier alpha value is -1.32. The van der Waals surface area contributed by atoms with Crippen molar-refractivity contribution < 1.29 is 0 Å². The number of halogens is 1. The number of aromatic nitrogens is 2. The van der Waals surface area contributed by atoms with Crippen molar-refractivity contribution in [2.24, 2.45) is 0 Å². The third-order valence-electron chi connectivity index (χ3n) is 3.89. The quantitative estimate of drug-likeness (QED) is 0.930. The standard InChI is InChI=1S/C15H18ClN3/c16-15-4-2-1-3-14(15)13-6-8-19(11-13)7-5-12-9-17-18-10-12/h1-4,9-10,13H,5-8,11H2,(H,17,18). The average molecular weight is 276 g/mol. The second-order valence-electron chi connectivity index (χ2n) is 5.16. The van der Waals surface area contributed by atoms with Gasteiger partial charge < -0.3 is 4.90 Å². The number of hydrogen-bond acceptors (Lipinski definition) is 2. The van der Waals surface area contributed by atoms with Crippen molar-refractivity contribution in [2.45, 2.75) is 18.8 Å². The van der Waals surface area contributed by atoms with Crippen LogP contribution < -0.4 is 0 Å². The first-order valence-corrected chi connectivity index (χ1v) is 7.15. The summed E-state index contributed by atoms with van der Waals surface area (Å²) in [5.74, 6) is 0.582. The number of nitrogens with one attached hydrogen (secondary N) is 1. The van der Waals surface area contributed by atoms with Gasteiger partial charge in [-0.05, 0) is 42.5 Å². The smallest absolute Gasteiger partial charge is 0.0519 e. The van der Waals surface area contributed by atoms with E-state index in [1.807, 2.05) is 24.5 Å². The van der Waals surface area contributed by atoms with Crippen LogP contribution in [0.5, 0.6) is 0 Å². The maximum absolute atomic E-state index is 6.28. The molecule has 1 unspecified atom stereocenters. The summed E-state index contributed by atoms with van der Waals surface area (Å²) in [6.07, 6.45) is 6.14. The highest BCUT2D eigenvalue weighted by atomic mass is 35.5. The average Bonchev–Trinajstić information content (AvgIpc) is 3.08. The molecular weight excluding hydrogens is 258 g/mol. The van der Waals surface area contributed by atoms with Crippen LogP contribution in [-0.2, 0) is 6.42 Å². The van der Waals surface area contributed by atoms with Crippen molar-refractivity contribution in [3.8, 4) is 0 Å². The molecule has 100 valence electrons. The first-order valence-electron chi connectivity index (χ1n) is 6.77. The van der Waals surface area contributed by atoms with E-state index < -0.39 is 0 Å². The van der Waals surface area contributed by atoms with Gasteiger partial charge in [-0.2, -0.15) is 5.10 Å². The largest absolute Gasteiger partial charge is 0.302 e. The molecule has 0 saturated carbocycles. The van der Waals surface area contributed by atoms with E-state index in [0.717, 1.165) is 31.1 Å². The molecule has 3 nitrogen and oxygen atoms in total. The van der Waals surface area contributed by atoms with Crippen LogP contribution in [0.25, 0.3) is 0 Å². The molecule has 1 aromatic heterocycles. The van der Waals surface area contributed by atoms with Crippen LogP contribution in [0.2, 0.25) is 5.02 Å². The van der Waals surface area contributed by atoms with Crippen molar-refractivity contribution in [1.82, 2.24) is 15.1 Å². The summed E-state index contributed by atoms with van der Waals surface area (Å²) in [4.78, 5) is 2.51. The minimum Gasteiger partial charge on any atom is -0.302 e. The molecule has 0 radical (unpaired) electrons. The molecule has 0 spiro atoms. The molecule has 1 aromatic carbocycles. The Kier molecular flexibility index (Phi) is 3.85. The van der Waals surface area contributed by atoms with Crippen LogP contribution in [0.1, 0.15) is 23.5 Å². The lowest BCUT2D eigenvalue weighted by Crippen LogP contribution is -2.23. The number of H-pyrrole nitrogens is 1. The third kappa shape index (κ3) is 2.99. The number of aromatic amines is 1. The van der Waals surface area contributed by atoms with Crippen LogP contribution in [0.15, 0.2) is 36.7 Å². The fraction of sp³-hybridized carbons (Fsp3) is 0.400. The van der Waals surface area contributed by atoms with Crippen molar-refractivity contribution in [3.05, 3.63) is 52.8 Å². The molecule has 1 fully saturated rings. The van der Waals surface area contributed by atoms with Crippen LogP contribution in [0.3, 0.4) is 0 Å². The van der Waals surface area contributed by atoms with Gasteiger partial charge >= 0.3 is 0 Å². The molecule has 3 rings (SSSR count). The van der Waals surface area contributed by atoms with Gasteiger partial charge in [0.1, 0.15) is 0 Å². The number of rotatable bonds is 4. The zero-order valence-corrected chi connectivity index (χ0v) is 11.6. The SMILES string of the molecule is Clc1ccccc1C1CCN(CCc2cn[nH]c2)C1. The zero-order valence-electron chi connectivity index (χ0n) is 10.8. The summed E-state index contributed by atoms with van der Waals surface area (Å²) >= 11 is 6.28. The van der Waals surface area contributed by atoms with Gasteiger partial charge in [0.2, 0.25) is 0 Å². The molecule has 0 bridgehead atoms. The minimum atomic E-state index is 0.582. The summed E-state index contributed by atoms with van der Waals surface area (Å²) in [6.45, 7) is 3.37. The molecule has 1 N–H and O–H groups in total. The van der Waals surface area contributed by atoms with Gasteiger partial charge in [-0.25, -0.2) is 0 Å². The summed E-state index contributed by atoms with van der Waals surface area (Å²) in [5.41, 5.74) is 2.58. The molecule has 4 heteroatoms. The molecule has 1 aliphatic rings. The van der Waals surface area contributed by atoms with E-state index in [4.69, 9.17) is 11.6 Å². The zero-order chi connectivity index (χ0) is 13.1. The molecule has 0 aliphatic carbocycles. The second-order valence-corrected chi connectivity index (χ2v) is 5.57. The van der Waals surface area contributed by atoms with Gasteiger partial charge in [0, 0.05) is 24.3 Å². The van der Waals surface area contributed by atoms with E-state index in [1.165, 1.54) is 17.5 Å². The maximum Gasteiger partial charge on any atom is 0.0519 e. The van der Waals surface area contributed by atoms with Crippen molar-refractivity contribution in [3.63, 3.8) is 0 Å². The number of hydrogen-bond donors (Lipinski definition) is 1. The molecule has 2 aromatic rings. The number of benzene rings is 1. The topological polar surface area (TPSA) is 31.9 Å². The lowest BCUT2D eigenvalue weighted by Gasteiger charge is -2.16. The van der Waals surface area contributed by atoms with Crippen LogP contribution in [-0.4, -0.2) is 34.7 Å². The first kappa shape index (κ1) is 12.7. The molecule has 1 saturated heterocycles. The minimum absolute atomic E-state index is 0.582. The van der Waals surface area contributed by atoms with Crippen LogP contribution in [0, 0.1) is 0 Å². The van der Waals surface area contributed by atoms with Crippen molar-refractivity contribution in [1.29, 1.82) is 0 Å². The van der Waals surface area contributed by atoms with Gasteiger partial charge in [0.05, 0.1) is 6.20 Å². The number of nitrogens with zero attached hydrogens (tertiary/aromatic N) is 2. The van der Waals surface area contributed by atoms with Gasteiger partial charge in [-0.1, -0.05) is 29.8 Å². The molecule has 1 aliphatic heterocycles. The third-order valence-corrected chi connectivity index (χ3v) is 4.23. The first-order chi connectivity index (χ1) is 9.33. The second kappa shape index (κ2) is 5.76. The molecular formula is C15H18ClN3. The summed E-state index contributed by atoms with van der Waals surface area (Å²) < 4.78 is 0. The molecule has 2 heterocycles. The Morgan fingerprint density at radius 1 is 1.37 bits per heavy atom. The monoisotopic (exact) mass is 275 g/mol.